The molecule has 4 aromatic rings. The minimum atomic E-state index is -5.25. The summed E-state index contributed by atoms with van der Waals surface area (Å²) in [5.41, 5.74) is -4.56. The number of rotatable bonds is 5. The Balaban J connectivity index is 1.74. The van der Waals surface area contributed by atoms with Crippen molar-refractivity contribution >= 4 is 21.0 Å². The first-order chi connectivity index (χ1) is 18.0. The SMILES string of the molecule is CS(=O)(=O)N[C@@H]1Cn2c(cn(-c3noc4cc(OC(F)(F)F)cc(-c5c(F)cc(F)cc5F)c34)c2=O)C1(F)F. The molecule has 0 amide bonds. The second kappa shape index (κ2) is 8.54. The second-order valence-electron chi connectivity index (χ2n) is 8.49. The van der Waals surface area contributed by atoms with Gasteiger partial charge in [0.15, 0.2) is 11.4 Å². The highest BCUT2D eigenvalue weighted by molar-refractivity contribution is 7.88. The monoisotopic (exact) mass is 584 g/mol. The third-order valence-electron chi connectivity index (χ3n) is 5.75. The number of nitrogens with one attached hydrogen (secondary N) is 1. The van der Waals surface area contributed by atoms with Gasteiger partial charge in [-0.2, -0.15) is 8.78 Å². The molecule has 0 fully saturated rings. The standard InChI is InChI=1S/C21H12F8N4O5S/c1-39(35,36)31-14-6-32-15(20(14,25)26)7-33(19(32)34)18-17-10(16-11(23)2-8(22)3-12(16)24)4-9(37-21(27,28)29)5-13(17)38-30-18/h2-5,7,14,31H,6H2,1H3/t14-/m1/s1. The van der Waals surface area contributed by atoms with E-state index in [-0.39, 0.29) is 12.1 Å². The molecule has 1 atom stereocenters. The van der Waals surface area contributed by atoms with Crippen molar-refractivity contribution in [3.63, 3.8) is 0 Å². The van der Waals surface area contributed by atoms with E-state index in [1.807, 2.05) is 0 Å². The van der Waals surface area contributed by atoms with E-state index in [0.717, 1.165) is 0 Å². The number of aromatic nitrogens is 3. The average Bonchev–Trinajstić information content (AvgIpc) is 3.38. The Labute approximate surface area is 211 Å². The first-order valence-corrected chi connectivity index (χ1v) is 12.4. The zero-order chi connectivity index (χ0) is 28.7. The molecule has 1 aliphatic rings. The Hall–Kier alpha value is -3.93. The smallest absolute Gasteiger partial charge is 0.406 e. The van der Waals surface area contributed by atoms with E-state index in [9.17, 15) is 48.3 Å². The highest BCUT2D eigenvalue weighted by Gasteiger charge is 2.52. The highest BCUT2D eigenvalue weighted by atomic mass is 32.2. The van der Waals surface area contributed by atoms with Crippen LogP contribution in [0.4, 0.5) is 35.1 Å². The van der Waals surface area contributed by atoms with Crippen LogP contribution < -0.4 is 15.1 Å². The van der Waals surface area contributed by atoms with Crippen LogP contribution in [0.5, 0.6) is 5.75 Å². The van der Waals surface area contributed by atoms with Crippen molar-refractivity contribution in [3.05, 3.63) is 64.1 Å². The van der Waals surface area contributed by atoms with Crippen LogP contribution in [0.3, 0.4) is 0 Å². The number of sulfonamides is 1. The van der Waals surface area contributed by atoms with Crippen molar-refractivity contribution in [2.45, 2.75) is 24.9 Å². The quantitative estimate of drug-likeness (QED) is 0.358. The van der Waals surface area contributed by atoms with Gasteiger partial charge in [-0.15, -0.1) is 13.2 Å². The molecule has 0 unspecified atom stereocenters. The lowest BCUT2D eigenvalue weighted by atomic mass is 9.99. The summed E-state index contributed by atoms with van der Waals surface area (Å²) in [5, 5.41) is 3.02. The molecule has 0 saturated heterocycles. The molecule has 1 aliphatic heterocycles. The molecule has 2 aromatic carbocycles. The van der Waals surface area contributed by atoms with Crippen LogP contribution in [0.15, 0.2) is 39.8 Å². The maximum absolute atomic E-state index is 15.0. The molecule has 0 spiro atoms. The molecule has 18 heteroatoms. The Morgan fingerprint density at radius 2 is 1.77 bits per heavy atom. The van der Waals surface area contributed by atoms with E-state index in [2.05, 4.69) is 9.89 Å². The van der Waals surface area contributed by atoms with E-state index < -0.39 is 97.4 Å². The maximum Gasteiger partial charge on any atom is 0.573 e. The average molecular weight is 584 g/mol. The third kappa shape index (κ3) is 4.62. The van der Waals surface area contributed by atoms with Gasteiger partial charge in [0, 0.05) is 30.0 Å². The van der Waals surface area contributed by atoms with Crippen molar-refractivity contribution in [1.82, 2.24) is 19.0 Å². The third-order valence-corrected chi connectivity index (χ3v) is 6.46. The number of halogens is 8. The number of benzene rings is 2. The van der Waals surface area contributed by atoms with Crippen molar-refractivity contribution in [1.29, 1.82) is 0 Å². The number of hydrogen-bond donors (Lipinski definition) is 1. The van der Waals surface area contributed by atoms with Gasteiger partial charge in [0.05, 0.1) is 23.8 Å². The number of ether oxygens (including phenoxy) is 1. The van der Waals surface area contributed by atoms with E-state index in [1.54, 1.807) is 4.72 Å². The van der Waals surface area contributed by atoms with Crippen LogP contribution in [0.1, 0.15) is 5.69 Å². The number of alkyl halides is 5. The summed E-state index contributed by atoms with van der Waals surface area (Å²) in [4.78, 5) is 13.0. The Bertz CT molecular complexity index is 1790. The van der Waals surface area contributed by atoms with Gasteiger partial charge in [-0.3, -0.25) is 4.57 Å². The Morgan fingerprint density at radius 1 is 1.13 bits per heavy atom. The van der Waals surface area contributed by atoms with Gasteiger partial charge in [-0.05, 0) is 6.07 Å². The van der Waals surface area contributed by atoms with E-state index >= 15 is 0 Å². The fraction of sp³-hybridized carbons (Fsp3) is 0.238. The minimum absolute atomic E-state index is 0.239. The summed E-state index contributed by atoms with van der Waals surface area (Å²) in [7, 11) is -4.10. The molecule has 208 valence electrons. The Morgan fingerprint density at radius 3 is 2.33 bits per heavy atom. The van der Waals surface area contributed by atoms with E-state index in [0.29, 0.717) is 33.7 Å². The number of imidazole rings is 1. The molecule has 1 N–H and O–H groups in total. The van der Waals surface area contributed by atoms with Crippen molar-refractivity contribution < 1.29 is 52.8 Å². The zero-order valence-electron chi connectivity index (χ0n) is 19.0. The molecule has 0 saturated carbocycles. The van der Waals surface area contributed by atoms with Crippen LogP contribution in [-0.2, 0) is 22.5 Å². The molecular formula is C21H12F8N4O5S. The molecule has 0 radical (unpaired) electrons. The predicted molar refractivity (Wildman–Crippen MR) is 115 cm³/mol. The summed E-state index contributed by atoms with van der Waals surface area (Å²) in [6.07, 6.45) is -4.04. The normalized spacial score (nSPS) is 17.1. The van der Waals surface area contributed by atoms with Gasteiger partial charge in [-0.25, -0.2) is 35.7 Å². The van der Waals surface area contributed by atoms with Gasteiger partial charge in [0.2, 0.25) is 10.0 Å². The fourth-order valence-electron chi connectivity index (χ4n) is 4.30. The molecule has 9 nitrogen and oxygen atoms in total. The van der Waals surface area contributed by atoms with Crippen molar-refractivity contribution in [3.8, 4) is 22.7 Å². The van der Waals surface area contributed by atoms with Gasteiger partial charge < -0.3 is 9.26 Å². The molecule has 3 heterocycles. The maximum atomic E-state index is 15.0. The molecule has 0 bridgehead atoms. The van der Waals surface area contributed by atoms with Gasteiger partial charge in [-0.1, -0.05) is 5.16 Å². The zero-order valence-corrected chi connectivity index (χ0v) is 19.8. The molecule has 39 heavy (non-hydrogen) atoms. The number of fused-ring (bicyclic) bond motifs is 2. The molecule has 0 aliphatic carbocycles. The lowest BCUT2D eigenvalue weighted by Gasteiger charge is -2.18. The van der Waals surface area contributed by atoms with Crippen molar-refractivity contribution in [2.75, 3.05) is 6.26 Å². The minimum Gasteiger partial charge on any atom is -0.406 e. The van der Waals surface area contributed by atoms with E-state index in [4.69, 9.17) is 4.52 Å². The lowest BCUT2D eigenvalue weighted by molar-refractivity contribution is -0.274. The molecule has 5 rings (SSSR count). The summed E-state index contributed by atoms with van der Waals surface area (Å²) in [5.74, 6) is -10.0. The molecule has 2 aromatic heterocycles. The summed E-state index contributed by atoms with van der Waals surface area (Å²) >= 11 is 0. The van der Waals surface area contributed by atoms with Gasteiger partial charge in [0.1, 0.15) is 34.9 Å². The van der Waals surface area contributed by atoms with Crippen LogP contribution in [0.2, 0.25) is 0 Å². The summed E-state index contributed by atoms with van der Waals surface area (Å²) in [6.45, 7) is -0.811. The van der Waals surface area contributed by atoms with Crippen LogP contribution in [0.25, 0.3) is 27.9 Å². The lowest BCUT2D eigenvalue weighted by Crippen LogP contribution is -2.44. The number of nitrogens with zero attached hydrogens (tertiary/aromatic N) is 3. The van der Waals surface area contributed by atoms with E-state index in [1.165, 1.54) is 0 Å². The molecular weight excluding hydrogens is 572 g/mol. The van der Waals surface area contributed by atoms with Crippen LogP contribution >= 0.6 is 0 Å². The summed E-state index contributed by atoms with van der Waals surface area (Å²) in [6, 6.07) is -0.394. The van der Waals surface area contributed by atoms with Crippen LogP contribution in [0, 0.1) is 17.5 Å². The largest absolute Gasteiger partial charge is 0.573 e. The number of hydrogen-bond acceptors (Lipinski definition) is 6. The predicted octanol–water partition coefficient (Wildman–Crippen LogP) is 3.79. The topological polar surface area (TPSA) is 108 Å². The van der Waals surface area contributed by atoms with Crippen LogP contribution in [-0.4, -0.2) is 41.4 Å². The fourth-order valence-corrected chi connectivity index (χ4v) is 5.04. The Kier molecular flexibility index (Phi) is 5.84. The summed E-state index contributed by atoms with van der Waals surface area (Å²) < 4.78 is 146. The highest BCUT2D eigenvalue weighted by Crippen LogP contribution is 2.42. The first kappa shape index (κ1) is 26.7. The second-order valence-corrected chi connectivity index (χ2v) is 10.3. The first-order valence-electron chi connectivity index (χ1n) is 10.5. The van der Waals surface area contributed by atoms with Crippen molar-refractivity contribution in [2.24, 2.45) is 0 Å². The van der Waals surface area contributed by atoms with Gasteiger partial charge in [0.25, 0.3) is 0 Å². The van der Waals surface area contributed by atoms with Gasteiger partial charge >= 0.3 is 18.0 Å².